The molecule has 0 aromatic heterocycles. The lowest BCUT2D eigenvalue weighted by Crippen LogP contribution is -2.41. The van der Waals surface area contributed by atoms with Crippen LogP contribution in [0.3, 0.4) is 0 Å². The molecule has 59 heavy (non-hydrogen) atoms. The summed E-state index contributed by atoms with van der Waals surface area (Å²) in [5.41, 5.74) is 4.75. The number of aliphatic hydroxyl groups is 7. The average Bonchev–Trinajstić information content (AvgIpc) is 3.18. The Labute approximate surface area is 354 Å². The molecule has 0 aliphatic carbocycles. The summed E-state index contributed by atoms with van der Waals surface area (Å²) in [4.78, 5) is 65.4. The Morgan fingerprint density at radius 2 is 0.678 bits per heavy atom. The number of carbonyl (C=O) groups excluding carboxylic acids is 6. The van der Waals surface area contributed by atoms with Crippen molar-refractivity contribution in [1.82, 2.24) is 21.3 Å². The summed E-state index contributed by atoms with van der Waals surface area (Å²) in [6.45, 7) is 25.8. The molecule has 0 saturated heterocycles. The molecule has 18 nitrogen and oxygen atoms in total. The summed E-state index contributed by atoms with van der Waals surface area (Å²) in [5, 5.41) is 73.7. The summed E-state index contributed by atoms with van der Waals surface area (Å²) in [6.07, 6.45) is -2.54. The summed E-state index contributed by atoms with van der Waals surface area (Å²) >= 11 is 0. The smallest absolute Gasteiger partial charge is 0.287 e. The molecular formula is C41H87N5O13. The maximum Gasteiger partial charge on any atom is 0.287 e. The highest BCUT2D eigenvalue weighted by Crippen LogP contribution is 2.02. The lowest BCUT2D eigenvalue weighted by Gasteiger charge is -2.15. The van der Waals surface area contributed by atoms with Crippen LogP contribution < -0.4 is 27.0 Å². The lowest BCUT2D eigenvalue weighted by atomic mass is 10.1. The van der Waals surface area contributed by atoms with Crippen LogP contribution in [-0.4, -0.2) is 140 Å². The number of hydrogen-bond donors (Lipinski definition) is 12. The van der Waals surface area contributed by atoms with Gasteiger partial charge in [0.2, 0.25) is 29.4 Å². The maximum atomic E-state index is 11.1. The van der Waals surface area contributed by atoms with E-state index in [-0.39, 0.29) is 62.6 Å². The van der Waals surface area contributed by atoms with Gasteiger partial charge in [-0.2, -0.15) is 0 Å². The summed E-state index contributed by atoms with van der Waals surface area (Å²) in [5.74, 6) is -3.10. The Balaban J connectivity index is -0.000000149. The van der Waals surface area contributed by atoms with Crippen LogP contribution in [0.25, 0.3) is 0 Å². The molecule has 0 aromatic carbocycles. The molecule has 0 rings (SSSR count). The third-order valence-corrected chi connectivity index (χ3v) is 7.91. The molecule has 0 radical (unpaired) electrons. The molecule has 13 N–H and O–H groups in total. The summed E-state index contributed by atoms with van der Waals surface area (Å²) in [7, 11) is 0. The minimum Gasteiger partial charge on any atom is -0.391 e. The topological polar surface area (TPSA) is 318 Å². The van der Waals surface area contributed by atoms with Crippen LogP contribution in [0.2, 0.25) is 0 Å². The van der Waals surface area contributed by atoms with E-state index in [1.165, 1.54) is 0 Å². The molecule has 0 aromatic rings. The summed E-state index contributed by atoms with van der Waals surface area (Å²) in [6, 6.07) is 0. The molecule has 7 atom stereocenters. The van der Waals surface area contributed by atoms with E-state index < -0.39 is 72.1 Å². The van der Waals surface area contributed by atoms with E-state index in [2.05, 4.69) is 21.3 Å². The first-order chi connectivity index (χ1) is 26.6. The van der Waals surface area contributed by atoms with Gasteiger partial charge in [0.05, 0.1) is 24.4 Å². The number of primary amides is 1. The Bertz CT molecular complexity index is 1070. The quantitative estimate of drug-likeness (QED) is 0.0703. The fourth-order valence-corrected chi connectivity index (χ4v) is 3.14. The van der Waals surface area contributed by atoms with Crippen molar-refractivity contribution in [3.63, 3.8) is 0 Å². The zero-order chi connectivity index (χ0) is 46.9. The Kier molecular flexibility index (Phi) is 46.0. The van der Waals surface area contributed by atoms with Gasteiger partial charge in [0.15, 0.2) is 0 Å². The minimum atomic E-state index is -0.991. The number of hydrogen-bond acceptors (Lipinski definition) is 13. The largest absolute Gasteiger partial charge is 0.391 e. The molecule has 18 heteroatoms. The second-order valence-corrected chi connectivity index (χ2v) is 15.3. The average molecular weight is 858 g/mol. The van der Waals surface area contributed by atoms with Gasteiger partial charge in [-0.25, -0.2) is 0 Å². The molecule has 2 unspecified atom stereocenters. The number of aliphatic hydroxyl groups excluding tert-OH is 7. The zero-order valence-electron chi connectivity index (χ0n) is 37.7. The van der Waals surface area contributed by atoms with Gasteiger partial charge in [0, 0.05) is 38.0 Å². The predicted molar refractivity (Wildman–Crippen MR) is 230 cm³/mol. The van der Waals surface area contributed by atoms with E-state index in [1.54, 1.807) is 62.3 Å². The SMILES string of the molecule is C.CC(C)[C@@H](O)C(N)=O.CCC(O)CNC(=O)[C@H](O)C(C)C.CC[C@@H](O)CNC(=O)C(C)C.CC[C@H](O)CNC(=O)C(=O)C(C)C.CC[C@H](O)CNC(=O)C(O)C(C)C. The van der Waals surface area contributed by atoms with E-state index in [4.69, 9.17) is 31.3 Å². The fourth-order valence-electron chi connectivity index (χ4n) is 3.14. The van der Waals surface area contributed by atoms with Crippen LogP contribution in [0.1, 0.15) is 130 Å². The van der Waals surface area contributed by atoms with Crippen LogP contribution in [0, 0.1) is 29.6 Å². The molecule has 0 bridgehead atoms. The lowest BCUT2D eigenvalue weighted by molar-refractivity contribution is -0.139. The van der Waals surface area contributed by atoms with Gasteiger partial charge in [-0.3, -0.25) is 28.8 Å². The number of ketones is 1. The van der Waals surface area contributed by atoms with Gasteiger partial charge in [-0.1, -0.05) is 104 Å². The molecular weight excluding hydrogens is 770 g/mol. The van der Waals surface area contributed by atoms with Crippen molar-refractivity contribution in [2.24, 2.45) is 35.3 Å². The van der Waals surface area contributed by atoms with Gasteiger partial charge >= 0.3 is 0 Å². The van der Waals surface area contributed by atoms with E-state index in [1.807, 2.05) is 34.6 Å². The number of carbonyl (C=O) groups is 6. The highest BCUT2D eigenvalue weighted by molar-refractivity contribution is 6.36. The van der Waals surface area contributed by atoms with Gasteiger partial charge in [0.25, 0.3) is 5.91 Å². The molecule has 0 aliphatic rings. The predicted octanol–water partition coefficient (Wildman–Crippen LogP) is 0.534. The first kappa shape index (κ1) is 67.5. The van der Waals surface area contributed by atoms with E-state index in [0.717, 1.165) is 0 Å². The van der Waals surface area contributed by atoms with Crippen molar-refractivity contribution in [2.45, 2.75) is 173 Å². The van der Waals surface area contributed by atoms with E-state index in [0.29, 0.717) is 32.2 Å². The number of rotatable bonds is 21. The van der Waals surface area contributed by atoms with Crippen molar-refractivity contribution < 1.29 is 64.5 Å². The van der Waals surface area contributed by atoms with Gasteiger partial charge < -0.3 is 62.7 Å². The molecule has 0 heterocycles. The first-order valence-electron chi connectivity index (χ1n) is 20.3. The second kappa shape index (κ2) is 40.2. The minimum absolute atomic E-state index is 0. The molecule has 0 aliphatic heterocycles. The van der Waals surface area contributed by atoms with Crippen molar-refractivity contribution in [3.05, 3.63) is 0 Å². The number of nitrogens with one attached hydrogen (secondary N) is 4. The third-order valence-electron chi connectivity index (χ3n) is 7.91. The van der Waals surface area contributed by atoms with Crippen LogP contribution in [0.5, 0.6) is 0 Å². The Morgan fingerprint density at radius 3 is 0.864 bits per heavy atom. The molecule has 0 spiro atoms. The van der Waals surface area contributed by atoms with Crippen LogP contribution in [-0.2, 0) is 28.8 Å². The number of amides is 5. The second-order valence-electron chi connectivity index (χ2n) is 15.3. The number of nitrogens with two attached hydrogens (primary N) is 1. The summed E-state index contributed by atoms with van der Waals surface area (Å²) < 4.78 is 0. The molecule has 5 amide bonds. The van der Waals surface area contributed by atoms with Crippen molar-refractivity contribution >= 4 is 35.3 Å². The Morgan fingerprint density at radius 1 is 0.424 bits per heavy atom. The van der Waals surface area contributed by atoms with E-state index in [9.17, 15) is 39.0 Å². The highest BCUT2D eigenvalue weighted by atomic mass is 16.3. The first-order valence-corrected chi connectivity index (χ1v) is 20.3. The molecule has 354 valence electrons. The van der Waals surface area contributed by atoms with Crippen molar-refractivity contribution in [3.8, 4) is 0 Å². The van der Waals surface area contributed by atoms with E-state index >= 15 is 0 Å². The normalized spacial score (nSPS) is 14.0. The molecule has 0 saturated carbocycles. The highest BCUT2D eigenvalue weighted by Gasteiger charge is 2.20. The monoisotopic (exact) mass is 858 g/mol. The molecule has 0 fully saturated rings. The van der Waals surface area contributed by atoms with Gasteiger partial charge in [-0.05, 0) is 43.4 Å². The van der Waals surface area contributed by atoms with Crippen molar-refractivity contribution in [2.75, 3.05) is 26.2 Å². The van der Waals surface area contributed by atoms with Gasteiger partial charge in [-0.15, -0.1) is 0 Å². The van der Waals surface area contributed by atoms with Gasteiger partial charge in [0.1, 0.15) is 18.3 Å². The maximum absolute atomic E-state index is 11.1. The fraction of sp³-hybridized carbons (Fsp3) is 0.854. The van der Waals surface area contributed by atoms with Crippen LogP contribution in [0.4, 0.5) is 0 Å². The van der Waals surface area contributed by atoms with Crippen LogP contribution in [0.15, 0.2) is 0 Å². The standard InChI is InChI=1S/2C9H19NO3.C9H17NO3.C8H17NO2.C5H11NO2.CH4/c3*1-4-7(11)5-10-9(13)8(12)6(2)3;1-4-7(10)5-9-8(11)6(2)3;1-3(2)4(7)5(6)8;/h2*6-8,11-12H,4-5H2,1-3H3,(H,10,13);6-7,11H,4-5H2,1-3H3,(H,10,13);6-7,10H,4-5H2,1-3H3,(H,9,11);3-4,7H,1-2H3,(H2,6,8);1H4/t7?,8-;7-,8?;2*7-;4-;/m10011./s1. The Hall–Kier alpha value is -3.26. The zero-order valence-corrected chi connectivity index (χ0v) is 37.7. The van der Waals surface area contributed by atoms with Crippen molar-refractivity contribution in [1.29, 1.82) is 0 Å². The third kappa shape index (κ3) is 41.3. The number of Topliss-reactive ketones (excluding diaryl/α,β-unsaturated/α-hetero) is 1. The van der Waals surface area contributed by atoms with Crippen LogP contribution >= 0.6 is 0 Å².